The summed E-state index contributed by atoms with van der Waals surface area (Å²) < 4.78 is 0. The topological polar surface area (TPSA) is 80.4 Å². The molecule has 0 bridgehead atoms. The van der Waals surface area contributed by atoms with Crippen molar-refractivity contribution < 1.29 is 14.8 Å². The van der Waals surface area contributed by atoms with Gasteiger partial charge < -0.3 is 5.11 Å². The third-order valence-electron chi connectivity index (χ3n) is 7.79. The van der Waals surface area contributed by atoms with Gasteiger partial charge in [0, 0.05) is 17.5 Å². The van der Waals surface area contributed by atoms with Crippen molar-refractivity contribution in [2.45, 2.75) is 44.9 Å². The zero-order valence-electron chi connectivity index (χ0n) is 17.0. The number of nitro benzene ring substituents is 1. The Morgan fingerprint density at radius 3 is 2.67 bits per heavy atom. The monoisotopic (exact) mass is 403 g/mol. The summed E-state index contributed by atoms with van der Waals surface area (Å²) >= 11 is 0. The summed E-state index contributed by atoms with van der Waals surface area (Å²) in [4.78, 5) is 23.9. The first-order valence-electron chi connectivity index (χ1n) is 10.7. The highest BCUT2D eigenvalue weighted by molar-refractivity contribution is 6.06. The summed E-state index contributed by atoms with van der Waals surface area (Å²) in [6.07, 6.45) is 6.61. The molecule has 3 aliphatic carbocycles. The van der Waals surface area contributed by atoms with Crippen LogP contribution in [0.5, 0.6) is 5.75 Å². The lowest BCUT2D eigenvalue weighted by atomic mass is 9.55. The predicted octanol–water partition coefficient (Wildman–Crippen LogP) is 5.42. The number of non-ortho nitro benzene ring substituents is 1. The van der Waals surface area contributed by atoms with Gasteiger partial charge in [0.25, 0.3) is 5.69 Å². The van der Waals surface area contributed by atoms with E-state index in [2.05, 4.69) is 13.0 Å². The summed E-state index contributed by atoms with van der Waals surface area (Å²) in [5.41, 5.74) is 4.05. The number of phenols is 1. The summed E-state index contributed by atoms with van der Waals surface area (Å²) in [5, 5.41) is 20.7. The number of Topliss-reactive ketones (excluding diaryl/α,β-unsaturated/α-hetero) is 1. The molecule has 2 fully saturated rings. The van der Waals surface area contributed by atoms with E-state index in [1.165, 1.54) is 23.3 Å². The van der Waals surface area contributed by atoms with E-state index in [9.17, 15) is 20.0 Å². The van der Waals surface area contributed by atoms with E-state index in [0.717, 1.165) is 43.2 Å². The van der Waals surface area contributed by atoms with Gasteiger partial charge in [-0.25, -0.2) is 0 Å². The quantitative estimate of drug-likeness (QED) is 0.412. The van der Waals surface area contributed by atoms with Crippen LogP contribution in [0.25, 0.3) is 6.08 Å². The first-order chi connectivity index (χ1) is 14.4. The number of nitro groups is 1. The van der Waals surface area contributed by atoms with E-state index in [-0.39, 0.29) is 16.9 Å². The molecular formula is C25H25NO4. The normalized spacial score (nSPS) is 31.2. The predicted molar refractivity (Wildman–Crippen MR) is 114 cm³/mol. The second-order valence-corrected chi connectivity index (χ2v) is 9.31. The molecule has 5 heteroatoms. The highest BCUT2D eigenvalue weighted by Crippen LogP contribution is 2.60. The maximum absolute atomic E-state index is 13.4. The van der Waals surface area contributed by atoms with E-state index in [4.69, 9.17) is 0 Å². The van der Waals surface area contributed by atoms with Crippen molar-refractivity contribution in [2.75, 3.05) is 0 Å². The van der Waals surface area contributed by atoms with Crippen LogP contribution in [0.15, 0.2) is 48.0 Å². The molecule has 0 radical (unpaired) electrons. The third-order valence-corrected chi connectivity index (χ3v) is 7.79. The molecular weight excluding hydrogens is 378 g/mol. The van der Waals surface area contributed by atoms with Gasteiger partial charge in [-0.15, -0.1) is 0 Å². The van der Waals surface area contributed by atoms with Crippen molar-refractivity contribution in [1.82, 2.24) is 0 Å². The number of hydrogen-bond acceptors (Lipinski definition) is 4. The van der Waals surface area contributed by atoms with Crippen LogP contribution in [0, 0.1) is 27.4 Å². The number of hydrogen-bond donors (Lipinski definition) is 1. The Morgan fingerprint density at radius 2 is 1.93 bits per heavy atom. The first kappa shape index (κ1) is 19.0. The number of phenolic OH excluding ortho intramolecular Hbond substituents is 1. The lowest BCUT2D eigenvalue weighted by Crippen LogP contribution is -2.42. The van der Waals surface area contributed by atoms with Crippen molar-refractivity contribution in [3.05, 3.63) is 74.8 Å². The number of ketones is 1. The fourth-order valence-electron chi connectivity index (χ4n) is 6.26. The zero-order valence-corrected chi connectivity index (χ0v) is 17.0. The number of rotatable bonds is 2. The fourth-order valence-corrected chi connectivity index (χ4v) is 6.26. The Labute approximate surface area is 175 Å². The van der Waals surface area contributed by atoms with Crippen molar-refractivity contribution in [1.29, 1.82) is 0 Å². The molecule has 0 heterocycles. The number of fused-ring (bicyclic) bond motifs is 5. The van der Waals surface area contributed by atoms with E-state index in [1.807, 2.05) is 12.1 Å². The maximum atomic E-state index is 13.4. The maximum Gasteiger partial charge on any atom is 0.269 e. The first-order valence-corrected chi connectivity index (χ1v) is 10.7. The van der Waals surface area contributed by atoms with Crippen molar-refractivity contribution in [3.8, 4) is 5.75 Å². The van der Waals surface area contributed by atoms with Crippen molar-refractivity contribution in [3.63, 3.8) is 0 Å². The number of carbonyl (C=O) groups excluding carboxylic acids is 1. The summed E-state index contributed by atoms with van der Waals surface area (Å²) in [5.74, 6) is 1.85. The van der Waals surface area contributed by atoms with Crippen LogP contribution in [-0.2, 0) is 11.2 Å². The van der Waals surface area contributed by atoms with Gasteiger partial charge in [-0.1, -0.05) is 13.0 Å². The molecule has 0 saturated heterocycles. The second-order valence-electron chi connectivity index (χ2n) is 9.31. The van der Waals surface area contributed by atoms with Crippen LogP contribution < -0.4 is 0 Å². The summed E-state index contributed by atoms with van der Waals surface area (Å²) in [6.45, 7) is 2.14. The van der Waals surface area contributed by atoms with E-state index in [0.29, 0.717) is 23.5 Å². The average Bonchev–Trinajstić information content (AvgIpc) is 2.98. The van der Waals surface area contributed by atoms with Crippen molar-refractivity contribution >= 4 is 17.5 Å². The van der Waals surface area contributed by atoms with Gasteiger partial charge in [0.1, 0.15) is 5.75 Å². The lowest BCUT2D eigenvalue weighted by molar-refractivity contribution is -0.384. The summed E-state index contributed by atoms with van der Waals surface area (Å²) in [6, 6.07) is 12.2. The zero-order chi connectivity index (χ0) is 21.0. The van der Waals surface area contributed by atoms with Gasteiger partial charge >= 0.3 is 0 Å². The van der Waals surface area contributed by atoms with Crippen LogP contribution in [0.4, 0.5) is 5.69 Å². The number of aryl methyl sites for hydroxylation is 1. The molecule has 5 rings (SSSR count). The Morgan fingerprint density at radius 1 is 1.17 bits per heavy atom. The average molecular weight is 403 g/mol. The Kier molecular flexibility index (Phi) is 4.31. The smallest absolute Gasteiger partial charge is 0.269 e. The summed E-state index contributed by atoms with van der Waals surface area (Å²) in [7, 11) is 0. The van der Waals surface area contributed by atoms with Gasteiger partial charge in [0.15, 0.2) is 5.78 Å². The van der Waals surface area contributed by atoms with Crippen molar-refractivity contribution in [2.24, 2.45) is 17.3 Å². The van der Waals surface area contributed by atoms with Gasteiger partial charge in [-0.05, 0) is 102 Å². The molecule has 0 aliphatic heterocycles. The molecule has 3 aliphatic rings. The fraction of sp³-hybridized carbons (Fsp3) is 0.400. The van der Waals surface area contributed by atoms with E-state index in [1.54, 1.807) is 18.2 Å². The molecule has 0 amide bonds. The highest BCUT2D eigenvalue weighted by atomic mass is 16.6. The molecule has 0 unspecified atom stereocenters. The molecule has 30 heavy (non-hydrogen) atoms. The minimum Gasteiger partial charge on any atom is -0.508 e. The van der Waals surface area contributed by atoms with E-state index < -0.39 is 4.92 Å². The minimum atomic E-state index is -0.409. The lowest BCUT2D eigenvalue weighted by Gasteiger charge is -2.48. The van der Waals surface area contributed by atoms with Gasteiger partial charge in [-0.3, -0.25) is 14.9 Å². The molecule has 2 aromatic carbocycles. The molecule has 154 valence electrons. The number of nitrogens with zero attached hydrogens (tertiary/aromatic N) is 1. The number of allylic oxidation sites excluding steroid dienone is 1. The van der Waals surface area contributed by atoms with E-state index >= 15 is 0 Å². The molecule has 5 nitrogen and oxygen atoms in total. The Balaban J connectivity index is 1.45. The van der Waals surface area contributed by atoms with Gasteiger partial charge in [-0.2, -0.15) is 0 Å². The van der Waals surface area contributed by atoms with Crippen LogP contribution >= 0.6 is 0 Å². The van der Waals surface area contributed by atoms with Crippen LogP contribution in [-0.4, -0.2) is 15.8 Å². The standard InChI is InChI=1S/C25H25NO4/c1-25-11-10-21-20-9-7-19(27)13-16(20)4-8-22(21)23(25)14-17(24(25)28)12-15-2-5-18(6-3-15)26(29)30/h2-3,5-7,9,12-13,21-23,27H,4,8,10-11,14H2,1H3/b17-12-/t21-,22-,23+,25+/m1/s1. The number of benzene rings is 2. The molecule has 1 N–H and O–H groups in total. The van der Waals surface area contributed by atoms with Gasteiger partial charge in [0.05, 0.1) is 4.92 Å². The molecule has 2 aromatic rings. The number of aromatic hydroxyl groups is 1. The van der Waals surface area contributed by atoms with Crippen LogP contribution in [0.3, 0.4) is 0 Å². The van der Waals surface area contributed by atoms with Gasteiger partial charge in [0.2, 0.25) is 0 Å². The highest BCUT2D eigenvalue weighted by Gasteiger charge is 2.56. The molecule has 4 atom stereocenters. The van der Waals surface area contributed by atoms with Crippen LogP contribution in [0.1, 0.15) is 55.2 Å². The Bertz CT molecular complexity index is 1070. The SMILES string of the molecule is C[C@]12CC[C@@H]3c4ccc(O)cc4CC[C@H]3[C@@H]1C/C(=C/c1ccc([N+](=O)[O-])cc1)C2=O. The van der Waals surface area contributed by atoms with Crippen LogP contribution in [0.2, 0.25) is 0 Å². The molecule has 2 saturated carbocycles. The second kappa shape index (κ2) is 6.79. The molecule has 0 spiro atoms. The number of carbonyl (C=O) groups is 1. The Hall–Kier alpha value is -2.95. The largest absolute Gasteiger partial charge is 0.508 e. The molecule has 0 aromatic heterocycles. The third kappa shape index (κ3) is 2.87. The minimum absolute atomic E-state index is 0.0604.